The van der Waals surface area contributed by atoms with Crippen molar-refractivity contribution in [1.82, 2.24) is 5.32 Å². The van der Waals surface area contributed by atoms with Crippen LogP contribution in [0.1, 0.15) is 33.6 Å². The van der Waals surface area contributed by atoms with E-state index in [2.05, 4.69) is 5.32 Å². The van der Waals surface area contributed by atoms with Crippen molar-refractivity contribution in [3.63, 3.8) is 0 Å². The van der Waals surface area contributed by atoms with Crippen LogP contribution in [0.5, 0.6) is 11.5 Å². The van der Waals surface area contributed by atoms with Gasteiger partial charge in [-0.3, -0.25) is 0 Å². The molecule has 0 unspecified atom stereocenters. The fourth-order valence-corrected chi connectivity index (χ4v) is 3.36. The molecule has 6 nitrogen and oxygen atoms in total. The number of aliphatic hydroxyl groups is 1. The van der Waals surface area contributed by atoms with E-state index in [1.54, 1.807) is 32.9 Å². The standard InChI is InChI=1S/C23H28F2N2O4/c1-22(2,3)31-21(28)26-15-23(29)7-9-27(10-8-23)18-11-17(25)13-20(14-18)30-19-6-4-5-16(24)12-19/h4-6,11-14,29H,7-10,15H2,1-3H3,(H,26,28). The van der Waals surface area contributed by atoms with Gasteiger partial charge in [0.2, 0.25) is 0 Å². The summed E-state index contributed by atoms with van der Waals surface area (Å²) in [6, 6.07) is 9.94. The Labute approximate surface area is 180 Å². The lowest BCUT2D eigenvalue weighted by Crippen LogP contribution is -2.51. The SMILES string of the molecule is CC(C)(C)OC(=O)NCC1(O)CCN(c2cc(F)cc(Oc3cccc(F)c3)c2)CC1. The van der Waals surface area contributed by atoms with Crippen LogP contribution in [-0.2, 0) is 4.74 Å². The molecule has 0 radical (unpaired) electrons. The van der Waals surface area contributed by atoms with Crippen LogP contribution in [0.2, 0.25) is 0 Å². The van der Waals surface area contributed by atoms with Crippen LogP contribution in [0, 0.1) is 11.6 Å². The molecule has 0 aliphatic carbocycles. The zero-order valence-electron chi connectivity index (χ0n) is 18.0. The largest absolute Gasteiger partial charge is 0.457 e. The lowest BCUT2D eigenvalue weighted by atomic mass is 9.91. The number of piperidine rings is 1. The molecule has 2 N–H and O–H groups in total. The maximum absolute atomic E-state index is 14.2. The number of hydrogen-bond donors (Lipinski definition) is 2. The van der Waals surface area contributed by atoms with Gasteiger partial charge in [-0.1, -0.05) is 6.07 Å². The molecule has 1 aliphatic heterocycles. The Morgan fingerprint density at radius 3 is 2.42 bits per heavy atom. The summed E-state index contributed by atoms with van der Waals surface area (Å²) < 4.78 is 38.3. The van der Waals surface area contributed by atoms with Gasteiger partial charge in [0.15, 0.2) is 0 Å². The topological polar surface area (TPSA) is 71.0 Å². The first kappa shape index (κ1) is 22.8. The third-order valence-electron chi connectivity index (χ3n) is 4.91. The Morgan fingerprint density at radius 1 is 1.10 bits per heavy atom. The quantitative estimate of drug-likeness (QED) is 0.719. The first-order chi connectivity index (χ1) is 14.5. The third-order valence-corrected chi connectivity index (χ3v) is 4.91. The summed E-state index contributed by atoms with van der Waals surface area (Å²) in [5.41, 5.74) is -1.08. The molecule has 0 bridgehead atoms. The molecular formula is C23H28F2N2O4. The van der Waals surface area contributed by atoms with Crippen molar-refractivity contribution in [3.05, 3.63) is 54.1 Å². The number of nitrogens with one attached hydrogen (secondary N) is 1. The third kappa shape index (κ3) is 6.82. The molecule has 0 saturated carbocycles. The minimum Gasteiger partial charge on any atom is -0.457 e. The van der Waals surface area contributed by atoms with Crippen molar-refractivity contribution in [3.8, 4) is 11.5 Å². The lowest BCUT2D eigenvalue weighted by Gasteiger charge is -2.39. The fraction of sp³-hybridized carbons (Fsp3) is 0.435. The molecule has 1 saturated heterocycles. The summed E-state index contributed by atoms with van der Waals surface area (Å²) in [7, 11) is 0. The Morgan fingerprint density at radius 2 is 1.77 bits per heavy atom. The summed E-state index contributed by atoms with van der Waals surface area (Å²) in [6.07, 6.45) is 0.200. The van der Waals surface area contributed by atoms with E-state index in [9.17, 15) is 18.7 Å². The molecular weight excluding hydrogens is 406 g/mol. The average Bonchev–Trinajstić information content (AvgIpc) is 2.65. The number of ether oxygens (including phenoxy) is 2. The van der Waals surface area contributed by atoms with Crippen molar-refractivity contribution in [2.24, 2.45) is 0 Å². The molecule has 1 aliphatic rings. The van der Waals surface area contributed by atoms with E-state index in [4.69, 9.17) is 9.47 Å². The molecule has 0 aromatic heterocycles. The minimum absolute atomic E-state index is 0.0762. The van der Waals surface area contributed by atoms with E-state index in [-0.39, 0.29) is 18.0 Å². The highest BCUT2D eigenvalue weighted by Crippen LogP contribution is 2.31. The number of nitrogens with zero attached hydrogens (tertiary/aromatic N) is 1. The second kappa shape index (κ2) is 9.09. The Hall–Kier alpha value is -2.87. The van der Waals surface area contributed by atoms with Gasteiger partial charge in [0.1, 0.15) is 28.7 Å². The molecule has 0 spiro atoms. The van der Waals surface area contributed by atoms with Crippen LogP contribution in [-0.4, -0.2) is 42.0 Å². The molecule has 1 amide bonds. The first-order valence-corrected chi connectivity index (χ1v) is 10.2. The molecule has 2 aromatic rings. The van der Waals surface area contributed by atoms with Crippen LogP contribution in [0.3, 0.4) is 0 Å². The average molecular weight is 434 g/mol. The smallest absolute Gasteiger partial charge is 0.407 e. The molecule has 2 aromatic carbocycles. The fourth-order valence-electron chi connectivity index (χ4n) is 3.36. The predicted molar refractivity (Wildman–Crippen MR) is 114 cm³/mol. The van der Waals surface area contributed by atoms with Crippen molar-refractivity contribution < 1.29 is 28.2 Å². The van der Waals surface area contributed by atoms with Gasteiger partial charge in [0.05, 0.1) is 5.60 Å². The van der Waals surface area contributed by atoms with Gasteiger partial charge in [-0.05, 0) is 51.8 Å². The van der Waals surface area contributed by atoms with Crippen LogP contribution < -0.4 is 15.0 Å². The zero-order chi connectivity index (χ0) is 22.6. The van der Waals surface area contributed by atoms with Gasteiger partial charge in [-0.25, -0.2) is 13.6 Å². The van der Waals surface area contributed by atoms with Crippen LogP contribution >= 0.6 is 0 Å². The molecule has 31 heavy (non-hydrogen) atoms. The zero-order valence-corrected chi connectivity index (χ0v) is 18.0. The Balaban J connectivity index is 1.60. The Bertz CT molecular complexity index is 922. The highest BCUT2D eigenvalue weighted by Gasteiger charge is 2.33. The van der Waals surface area contributed by atoms with Gasteiger partial charge < -0.3 is 24.8 Å². The van der Waals surface area contributed by atoms with Gasteiger partial charge in [0, 0.05) is 43.5 Å². The van der Waals surface area contributed by atoms with Crippen molar-refractivity contribution >= 4 is 11.8 Å². The summed E-state index contributed by atoms with van der Waals surface area (Å²) in [4.78, 5) is 13.8. The maximum Gasteiger partial charge on any atom is 0.407 e. The molecule has 1 heterocycles. The second-order valence-electron chi connectivity index (χ2n) is 8.77. The minimum atomic E-state index is -1.07. The van der Waals surface area contributed by atoms with Crippen LogP contribution in [0.25, 0.3) is 0 Å². The van der Waals surface area contributed by atoms with Crippen molar-refractivity contribution in [2.75, 3.05) is 24.5 Å². The van der Waals surface area contributed by atoms with E-state index in [1.807, 2.05) is 4.90 Å². The maximum atomic E-state index is 14.2. The molecule has 1 fully saturated rings. The molecule has 0 atom stereocenters. The normalized spacial score (nSPS) is 16.0. The number of carbonyl (C=O) groups is 1. The summed E-state index contributed by atoms with van der Waals surface area (Å²) in [5.74, 6) is -0.383. The molecule has 3 rings (SSSR count). The van der Waals surface area contributed by atoms with Crippen LogP contribution in [0.4, 0.5) is 19.3 Å². The van der Waals surface area contributed by atoms with Gasteiger partial charge in [-0.15, -0.1) is 0 Å². The van der Waals surface area contributed by atoms with E-state index >= 15 is 0 Å². The van der Waals surface area contributed by atoms with E-state index in [1.165, 1.54) is 30.3 Å². The number of halogens is 2. The highest BCUT2D eigenvalue weighted by molar-refractivity contribution is 5.67. The van der Waals surface area contributed by atoms with Gasteiger partial charge in [0.25, 0.3) is 0 Å². The first-order valence-electron chi connectivity index (χ1n) is 10.2. The Kier molecular flexibility index (Phi) is 6.69. The predicted octanol–water partition coefficient (Wildman–Crippen LogP) is 4.61. The van der Waals surface area contributed by atoms with Crippen LogP contribution in [0.15, 0.2) is 42.5 Å². The summed E-state index contributed by atoms with van der Waals surface area (Å²) in [5, 5.41) is 13.4. The van der Waals surface area contributed by atoms with Gasteiger partial charge in [-0.2, -0.15) is 0 Å². The number of benzene rings is 2. The monoisotopic (exact) mass is 434 g/mol. The number of rotatable bonds is 5. The van der Waals surface area contributed by atoms with Gasteiger partial charge >= 0.3 is 6.09 Å². The number of hydrogen-bond acceptors (Lipinski definition) is 5. The highest BCUT2D eigenvalue weighted by atomic mass is 19.1. The van der Waals surface area contributed by atoms with Crippen molar-refractivity contribution in [2.45, 2.75) is 44.8 Å². The molecule has 168 valence electrons. The summed E-state index contributed by atoms with van der Waals surface area (Å²) >= 11 is 0. The number of amides is 1. The lowest BCUT2D eigenvalue weighted by molar-refractivity contribution is 0.00800. The summed E-state index contributed by atoms with van der Waals surface area (Å²) in [6.45, 7) is 6.32. The van der Waals surface area contributed by atoms with E-state index in [0.717, 1.165) is 0 Å². The molecule has 8 heteroatoms. The van der Waals surface area contributed by atoms with E-state index < -0.39 is 28.9 Å². The number of anilines is 1. The van der Waals surface area contributed by atoms with E-state index in [0.29, 0.717) is 31.6 Å². The second-order valence-corrected chi connectivity index (χ2v) is 8.77. The van der Waals surface area contributed by atoms with Crippen molar-refractivity contribution in [1.29, 1.82) is 0 Å². The number of carbonyl (C=O) groups excluding carboxylic acids is 1. The number of alkyl carbamates (subject to hydrolysis) is 1.